The quantitative estimate of drug-likeness (QED) is 0.540. The van der Waals surface area contributed by atoms with Crippen LogP contribution in [0.3, 0.4) is 0 Å². The summed E-state index contributed by atoms with van der Waals surface area (Å²) in [6, 6.07) is 0. The van der Waals surface area contributed by atoms with E-state index < -0.39 is 0 Å². The zero-order valence-electron chi connectivity index (χ0n) is 6.98. The van der Waals surface area contributed by atoms with Gasteiger partial charge in [-0.1, -0.05) is 13.8 Å². The zero-order valence-corrected chi connectivity index (χ0v) is 8.98. The Morgan fingerprint density at radius 2 is 1.78 bits per heavy atom. The first-order valence-corrected chi connectivity index (χ1v) is 4.51. The molecule has 0 aromatic heterocycles. The smallest absolute Gasteiger partial charge is 0.146 e. The van der Waals surface area contributed by atoms with Crippen LogP contribution in [0.5, 0.6) is 0 Å². The first-order valence-electron chi connectivity index (χ1n) is 3.69. The Labute approximate surface area is 61.3 Å². The largest absolute Gasteiger partial charge is 0.425 e. The molecule has 0 aromatic carbocycles. The summed E-state index contributed by atoms with van der Waals surface area (Å²) in [6.07, 6.45) is 3.02. The van der Waals surface area contributed by atoms with Crippen LogP contribution in [0, 0.1) is 5.92 Å². The summed E-state index contributed by atoms with van der Waals surface area (Å²) in [5, 5.41) is 0. The van der Waals surface area contributed by atoms with E-state index in [9.17, 15) is 0 Å². The molecule has 0 aliphatic heterocycles. The van der Waals surface area contributed by atoms with Crippen LogP contribution in [-0.2, 0) is 4.43 Å². The fourth-order valence-electron chi connectivity index (χ4n) is 0.686. The van der Waals surface area contributed by atoms with Gasteiger partial charge in [0, 0.05) is 6.10 Å². The summed E-state index contributed by atoms with van der Waals surface area (Å²) in [7, 11) is 0.883. The highest BCUT2D eigenvalue weighted by Gasteiger charge is 1.99. The molecule has 9 heavy (non-hydrogen) atoms. The second-order valence-electron chi connectivity index (χ2n) is 3.02. The van der Waals surface area contributed by atoms with Crippen LogP contribution in [0.4, 0.5) is 0 Å². The molecule has 2 heteroatoms. The Hall–Kier alpha value is 0.177. The van der Waals surface area contributed by atoms with Crippen molar-refractivity contribution >= 4 is 10.5 Å². The molecule has 0 bridgehead atoms. The van der Waals surface area contributed by atoms with Crippen molar-refractivity contribution in [3.63, 3.8) is 0 Å². The zero-order chi connectivity index (χ0) is 7.28. The average Bonchev–Trinajstić information content (AvgIpc) is 1.83. The second kappa shape index (κ2) is 5.00. The standard InChI is InChI=1S/C7H18OSi/c1-6(2)4-5-7(3)8-9/h6-7H,4-5H2,1-3,9H3. The molecule has 0 N–H and O–H groups in total. The maximum atomic E-state index is 5.24. The lowest BCUT2D eigenvalue weighted by molar-refractivity contribution is 0.221. The Balaban J connectivity index is 3.06. The Kier molecular flexibility index (Phi) is 5.10. The number of hydrogen-bond donors (Lipinski definition) is 0. The summed E-state index contributed by atoms with van der Waals surface area (Å²) in [6.45, 7) is 6.65. The SMILES string of the molecule is CC(C)CCC(C)O[SiH3]. The van der Waals surface area contributed by atoms with Gasteiger partial charge in [-0.05, 0) is 25.7 Å². The van der Waals surface area contributed by atoms with Crippen molar-refractivity contribution in [1.82, 2.24) is 0 Å². The van der Waals surface area contributed by atoms with Crippen molar-refractivity contribution in [2.45, 2.75) is 39.7 Å². The van der Waals surface area contributed by atoms with Gasteiger partial charge in [0.05, 0.1) is 0 Å². The van der Waals surface area contributed by atoms with Gasteiger partial charge in [-0.25, -0.2) is 0 Å². The van der Waals surface area contributed by atoms with E-state index in [0.29, 0.717) is 6.10 Å². The van der Waals surface area contributed by atoms with Gasteiger partial charge >= 0.3 is 0 Å². The Morgan fingerprint density at radius 3 is 2.11 bits per heavy atom. The maximum Gasteiger partial charge on any atom is 0.146 e. The van der Waals surface area contributed by atoms with Crippen LogP contribution in [0.1, 0.15) is 33.6 Å². The number of rotatable bonds is 4. The Morgan fingerprint density at radius 1 is 1.22 bits per heavy atom. The normalized spacial score (nSPS) is 14.7. The van der Waals surface area contributed by atoms with Crippen LogP contribution in [0.2, 0.25) is 0 Å². The van der Waals surface area contributed by atoms with E-state index >= 15 is 0 Å². The monoisotopic (exact) mass is 146 g/mol. The van der Waals surface area contributed by atoms with Gasteiger partial charge in [0.25, 0.3) is 0 Å². The van der Waals surface area contributed by atoms with Crippen molar-refractivity contribution in [2.24, 2.45) is 5.92 Å². The third-order valence-corrected chi connectivity index (χ3v) is 2.36. The predicted molar refractivity (Wildman–Crippen MR) is 44.6 cm³/mol. The maximum absolute atomic E-state index is 5.24. The van der Waals surface area contributed by atoms with E-state index in [1.54, 1.807) is 0 Å². The summed E-state index contributed by atoms with van der Waals surface area (Å²) >= 11 is 0. The summed E-state index contributed by atoms with van der Waals surface area (Å²) in [4.78, 5) is 0. The van der Waals surface area contributed by atoms with Crippen LogP contribution < -0.4 is 0 Å². The summed E-state index contributed by atoms with van der Waals surface area (Å²) in [5.41, 5.74) is 0. The van der Waals surface area contributed by atoms with Crippen LogP contribution in [0.25, 0.3) is 0 Å². The van der Waals surface area contributed by atoms with E-state index in [-0.39, 0.29) is 0 Å². The van der Waals surface area contributed by atoms with Gasteiger partial charge in [-0.2, -0.15) is 0 Å². The van der Waals surface area contributed by atoms with E-state index in [1.165, 1.54) is 12.8 Å². The fraction of sp³-hybridized carbons (Fsp3) is 1.00. The van der Waals surface area contributed by atoms with Gasteiger partial charge in [0.15, 0.2) is 0 Å². The molecule has 0 saturated heterocycles. The molecule has 56 valence electrons. The lowest BCUT2D eigenvalue weighted by atomic mass is 10.1. The molecule has 0 aliphatic carbocycles. The molecule has 1 nitrogen and oxygen atoms in total. The van der Waals surface area contributed by atoms with Crippen LogP contribution in [0.15, 0.2) is 0 Å². The van der Waals surface area contributed by atoms with Gasteiger partial charge in [-0.15, -0.1) is 0 Å². The van der Waals surface area contributed by atoms with Crippen LogP contribution in [-0.4, -0.2) is 16.6 Å². The lowest BCUT2D eigenvalue weighted by Crippen LogP contribution is -2.06. The third kappa shape index (κ3) is 6.06. The average molecular weight is 146 g/mol. The fourth-order valence-corrected chi connectivity index (χ4v) is 0.922. The van der Waals surface area contributed by atoms with Crippen molar-refractivity contribution in [1.29, 1.82) is 0 Å². The molecule has 0 aliphatic rings. The first-order chi connectivity index (χ1) is 4.16. The van der Waals surface area contributed by atoms with E-state index in [1.807, 2.05) is 0 Å². The highest BCUT2D eigenvalue weighted by molar-refractivity contribution is 5.98. The van der Waals surface area contributed by atoms with Crippen LogP contribution >= 0.6 is 0 Å². The molecule has 0 radical (unpaired) electrons. The molecule has 0 rings (SSSR count). The minimum atomic E-state index is 0.499. The third-order valence-electron chi connectivity index (χ3n) is 1.55. The van der Waals surface area contributed by atoms with E-state index in [2.05, 4.69) is 20.8 Å². The van der Waals surface area contributed by atoms with Crippen molar-refractivity contribution in [3.8, 4) is 0 Å². The highest BCUT2D eigenvalue weighted by Crippen LogP contribution is 2.07. The Bertz CT molecular complexity index is 63.9. The van der Waals surface area contributed by atoms with E-state index in [0.717, 1.165) is 16.4 Å². The van der Waals surface area contributed by atoms with Crippen molar-refractivity contribution in [2.75, 3.05) is 0 Å². The second-order valence-corrected chi connectivity index (χ2v) is 3.49. The highest BCUT2D eigenvalue weighted by atomic mass is 28.2. The molecule has 0 amide bonds. The van der Waals surface area contributed by atoms with Gasteiger partial charge < -0.3 is 4.43 Å². The minimum absolute atomic E-state index is 0.499. The molecular formula is C7H18OSi. The number of hydrogen-bond acceptors (Lipinski definition) is 1. The molecule has 0 heterocycles. The minimum Gasteiger partial charge on any atom is -0.425 e. The summed E-state index contributed by atoms with van der Waals surface area (Å²) < 4.78 is 5.24. The van der Waals surface area contributed by atoms with Gasteiger partial charge in [0.2, 0.25) is 0 Å². The first kappa shape index (κ1) is 9.18. The molecule has 0 aromatic rings. The lowest BCUT2D eigenvalue weighted by Gasteiger charge is -2.10. The van der Waals surface area contributed by atoms with Gasteiger partial charge in [-0.3, -0.25) is 0 Å². The molecule has 1 atom stereocenters. The van der Waals surface area contributed by atoms with Gasteiger partial charge in [0.1, 0.15) is 10.5 Å². The topological polar surface area (TPSA) is 9.23 Å². The predicted octanol–water partition coefficient (Wildman–Crippen LogP) is 1.11. The molecular weight excluding hydrogens is 128 g/mol. The van der Waals surface area contributed by atoms with Crippen molar-refractivity contribution < 1.29 is 4.43 Å². The van der Waals surface area contributed by atoms with Crippen molar-refractivity contribution in [3.05, 3.63) is 0 Å². The molecule has 0 spiro atoms. The molecule has 1 unspecified atom stereocenters. The molecule has 0 saturated carbocycles. The molecule has 0 fully saturated rings. The van der Waals surface area contributed by atoms with E-state index in [4.69, 9.17) is 4.43 Å². The summed E-state index contributed by atoms with van der Waals surface area (Å²) in [5.74, 6) is 0.823.